The predicted octanol–water partition coefficient (Wildman–Crippen LogP) is 4.82. The van der Waals surface area contributed by atoms with Crippen LogP contribution in [0.2, 0.25) is 0 Å². The van der Waals surface area contributed by atoms with Crippen molar-refractivity contribution in [2.75, 3.05) is 6.61 Å². The van der Waals surface area contributed by atoms with E-state index in [2.05, 4.69) is 36.2 Å². The zero-order chi connectivity index (χ0) is 14.0. The average Bonchev–Trinajstić information content (AvgIpc) is 3.35. The molecule has 2 heteroatoms. The van der Waals surface area contributed by atoms with Crippen LogP contribution in [0.5, 0.6) is 5.75 Å². The normalized spacial score (nSPS) is 13.2. The average molecular weight is 269 g/mol. The van der Waals surface area contributed by atoms with Crippen molar-refractivity contribution in [2.24, 2.45) is 0 Å². The van der Waals surface area contributed by atoms with Crippen molar-refractivity contribution in [3.63, 3.8) is 0 Å². The molecule has 0 aliphatic heterocycles. The van der Waals surface area contributed by atoms with Crippen LogP contribution in [0.4, 0.5) is 0 Å². The molecule has 1 aromatic carbocycles. The van der Waals surface area contributed by atoms with Gasteiger partial charge in [-0.2, -0.15) is 0 Å². The lowest BCUT2D eigenvalue weighted by Gasteiger charge is -2.09. The van der Waals surface area contributed by atoms with E-state index in [0.29, 0.717) is 0 Å². The molecular formula is C18H23NO. The van der Waals surface area contributed by atoms with Crippen LogP contribution < -0.4 is 4.74 Å². The second-order valence-electron chi connectivity index (χ2n) is 5.04. The number of para-hydroxylation sites is 1. The second kappa shape index (κ2) is 8.36. The van der Waals surface area contributed by atoms with Gasteiger partial charge >= 0.3 is 0 Å². The standard InChI is InChI=1S/C13H18O.C5H5N/c1-2-3-10-14-13-7-5-4-6-12(13)11-8-9-11;1-2-4-6-5-3-1/h4-7,11H,2-3,8-10H2,1H3;1-5H. The highest BCUT2D eigenvalue weighted by atomic mass is 16.5. The van der Waals surface area contributed by atoms with Crippen molar-refractivity contribution >= 4 is 0 Å². The zero-order valence-electron chi connectivity index (χ0n) is 12.2. The number of benzene rings is 1. The third kappa shape index (κ3) is 5.04. The molecule has 1 saturated carbocycles. The topological polar surface area (TPSA) is 22.1 Å². The van der Waals surface area contributed by atoms with E-state index >= 15 is 0 Å². The van der Waals surface area contributed by atoms with Crippen LogP contribution in [-0.2, 0) is 0 Å². The molecule has 2 nitrogen and oxygen atoms in total. The third-order valence-corrected chi connectivity index (χ3v) is 3.26. The Bertz CT molecular complexity index is 453. The fourth-order valence-electron chi connectivity index (χ4n) is 1.98. The van der Waals surface area contributed by atoms with Gasteiger partial charge in [0.2, 0.25) is 0 Å². The van der Waals surface area contributed by atoms with Gasteiger partial charge in [-0.3, -0.25) is 4.98 Å². The van der Waals surface area contributed by atoms with Gasteiger partial charge in [-0.05, 0) is 48.9 Å². The first-order chi connectivity index (χ1) is 9.92. The van der Waals surface area contributed by atoms with E-state index in [9.17, 15) is 0 Å². The third-order valence-electron chi connectivity index (χ3n) is 3.26. The van der Waals surface area contributed by atoms with Crippen LogP contribution in [0, 0.1) is 0 Å². The SMILES string of the molecule is CCCCOc1ccccc1C1CC1.c1ccncc1. The fraction of sp³-hybridized carbons (Fsp3) is 0.389. The molecule has 0 spiro atoms. The Morgan fingerprint density at radius 3 is 2.35 bits per heavy atom. The Balaban J connectivity index is 0.000000205. The Hall–Kier alpha value is -1.83. The Morgan fingerprint density at radius 1 is 1.05 bits per heavy atom. The first kappa shape index (κ1) is 14.6. The Morgan fingerprint density at radius 2 is 1.80 bits per heavy atom. The minimum atomic E-state index is 0.785. The molecule has 0 atom stereocenters. The van der Waals surface area contributed by atoms with Gasteiger partial charge < -0.3 is 4.74 Å². The van der Waals surface area contributed by atoms with Crippen molar-refractivity contribution < 1.29 is 4.74 Å². The summed E-state index contributed by atoms with van der Waals surface area (Å²) in [5, 5.41) is 0. The molecular weight excluding hydrogens is 246 g/mol. The largest absolute Gasteiger partial charge is 0.493 e. The molecule has 1 aliphatic rings. The zero-order valence-corrected chi connectivity index (χ0v) is 12.2. The lowest BCUT2D eigenvalue weighted by Crippen LogP contribution is -1.98. The molecule has 2 aromatic rings. The summed E-state index contributed by atoms with van der Waals surface area (Å²) in [5.74, 6) is 1.90. The van der Waals surface area contributed by atoms with Crippen LogP contribution in [0.3, 0.4) is 0 Å². The molecule has 1 aliphatic carbocycles. The maximum absolute atomic E-state index is 5.78. The summed E-state index contributed by atoms with van der Waals surface area (Å²) >= 11 is 0. The fourth-order valence-corrected chi connectivity index (χ4v) is 1.98. The van der Waals surface area contributed by atoms with Crippen molar-refractivity contribution in [1.29, 1.82) is 0 Å². The van der Waals surface area contributed by atoms with Crippen molar-refractivity contribution in [2.45, 2.75) is 38.5 Å². The number of rotatable bonds is 5. The van der Waals surface area contributed by atoms with Crippen LogP contribution >= 0.6 is 0 Å². The van der Waals surface area contributed by atoms with E-state index < -0.39 is 0 Å². The van der Waals surface area contributed by atoms with E-state index in [1.807, 2.05) is 18.2 Å². The summed E-state index contributed by atoms with van der Waals surface area (Å²) in [7, 11) is 0. The molecule has 0 bridgehead atoms. The van der Waals surface area contributed by atoms with Gasteiger partial charge in [-0.15, -0.1) is 0 Å². The van der Waals surface area contributed by atoms with Crippen LogP contribution in [0.15, 0.2) is 54.9 Å². The minimum Gasteiger partial charge on any atom is -0.493 e. The minimum absolute atomic E-state index is 0.785. The maximum Gasteiger partial charge on any atom is 0.122 e. The van der Waals surface area contributed by atoms with E-state index in [0.717, 1.165) is 24.7 Å². The number of pyridine rings is 1. The Labute approximate surface area is 121 Å². The molecule has 0 N–H and O–H groups in total. The predicted molar refractivity (Wildman–Crippen MR) is 83.1 cm³/mol. The van der Waals surface area contributed by atoms with Crippen LogP contribution in [-0.4, -0.2) is 11.6 Å². The smallest absolute Gasteiger partial charge is 0.122 e. The van der Waals surface area contributed by atoms with Crippen LogP contribution in [0.1, 0.15) is 44.1 Å². The summed E-state index contributed by atoms with van der Waals surface area (Å²) in [6.07, 6.45) is 8.53. The van der Waals surface area contributed by atoms with Crippen molar-refractivity contribution in [3.05, 3.63) is 60.4 Å². The molecule has 1 fully saturated rings. The lowest BCUT2D eigenvalue weighted by molar-refractivity contribution is 0.306. The first-order valence-corrected chi connectivity index (χ1v) is 7.48. The monoisotopic (exact) mass is 269 g/mol. The van der Waals surface area contributed by atoms with E-state index in [1.54, 1.807) is 12.4 Å². The van der Waals surface area contributed by atoms with Gasteiger partial charge in [0.15, 0.2) is 0 Å². The molecule has 20 heavy (non-hydrogen) atoms. The summed E-state index contributed by atoms with van der Waals surface area (Å²) in [5.41, 5.74) is 1.42. The van der Waals surface area contributed by atoms with E-state index in [1.165, 1.54) is 24.8 Å². The van der Waals surface area contributed by atoms with Gasteiger partial charge in [0.05, 0.1) is 6.61 Å². The number of ether oxygens (including phenoxy) is 1. The van der Waals surface area contributed by atoms with Crippen molar-refractivity contribution in [3.8, 4) is 5.75 Å². The summed E-state index contributed by atoms with van der Waals surface area (Å²) in [6.45, 7) is 3.05. The second-order valence-corrected chi connectivity index (χ2v) is 5.04. The number of hydrogen-bond donors (Lipinski definition) is 0. The quantitative estimate of drug-likeness (QED) is 0.726. The van der Waals surface area contributed by atoms with Gasteiger partial charge in [-0.25, -0.2) is 0 Å². The summed E-state index contributed by atoms with van der Waals surface area (Å²) in [6, 6.07) is 14.2. The number of unbranched alkanes of at least 4 members (excludes halogenated alkanes) is 1. The Kier molecular flexibility index (Phi) is 6.09. The highest BCUT2D eigenvalue weighted by molar-refractivity contribution is 5.38. The molecule has 0 unspecified atom stereocenters. The molecule has 1 aromatic heterocycles. The van der Waals surface area contributed by atoms with Gasteiger partial charge in [0, 0.05) is 12.4 Å². The number of aromatic nitrogens is 1. The maximum atomic E-state index is 5.78. The highest BCUT2D eigenvalue weighted by Gasteiger charge is 2.26. The van der Waals surface area contributed by atoms with Crippen LogP contribution in [0.25, 0.3) is 0 Å². The van der Waals surface area contributed by atoms with Gasteiger partial charge in [0.25, 0.3) is 0 Å². The molecule has 1 heterocycles. The number of hydrogen-bond acceptors (Lipinski definition) is 2. The van der Waals surface area contributed by atoms with E-state index in [-0.39, 0.29) is 0 Å². The molecule has 0 radical (unpaired) electrons. The summed E-state index contributed by atoms with van der Waals surface area (Å²) < 4.78 is 5.78. The van der Waals surface area contributed by atoms with E-state index in [4.69, 9.17) is 4.74 Å². The lowest BCUT2D eigenvalue weighted by atomic mass is 10.1. The first-order valence-electron chi connectivity index (χ1n) is 7.48. The summed E-state index contributed by atoms with van der Waals surface area (Å²) in [4.78, 5) is 3.78. The van der Waals surface area contributed by atoms with Gasteiger partial charge in [0.1, 0.15) is 5.75 Å². The molecule has 0 amide bonds. The van der Waals surface area contributed by atoms with Gasteiger partial charge in [-0.1, -0.05) is 37.6 Å². The number of nitrogens with zero attached hydrogens (tertiary/aromatic N) is 1. The molecule has 106 valence electrons. The molecule has 0 saturated heterocycles. The highest BCUT2D eigenvalue weighted by Crippen LogP contribution is 2.44. The molecule has 3 rings (SSSR count). The van der Waals surface area contributed by atoms with Crippen molar-refractivity contribution in [1.82, 2.24) is 4.98 Å².